The van der Waals surface area contributed by atoms with Gasteiger partial charge in [-0.05, 0) is 19.3 Å². The van der Waals surface area contributed by atoms with Gasteiger partial charge in [0.1, 0.15) is 6.10 Å². The van der Waals surface area contributed by atoms with Crippen LogP contribution in [0.1, 0.15) is 65.7 Å². The van der Waals surface area contributed by atoms with Gasteiger partial charge in [-0.25, -0.2) is 4.79 Å². The van der Waals surface area contributed by atoms with Crippen LogP contribution in [0, 0.1) is 0 Å². The number of carbonyl (C=O) groups is 1. The van der Waals surface area contributed by atoms with Crippen LogP contribution in [-0.2, 0) is 14.2 Å². The standard InChI is InChI=1S/C15H30O4/c1-4-7-9-10-12-18-15(16)19-14(6-3)13-17-11-8-5-2/h14H,4-13H2,1-3H3. The summed E-state index contributed by atoms with van der Waals surface area (Å²) in [6, 6.07) is 0. The first-order valence-corrected chi connectivity index (χ1v) is 7.65. The lowest BCUT2D eigenvalue weighted by molar-refractivity contribution is -0.0182. The Morgan fingerprint density at radius 2 is 1.68 bits per heavy atom. The van der Waals surface area contributed by atoms with E-state index in [2.05, 4.69) is 13.8 Å². The Hall–Kier alpha value is -0.770. The van der Waals surface area contributed by atoms with Gasteiger partial charge in [0.25, 0.3) is 0 Å². The zero-order valence-electron chi connectivity index (χ0n) is 12.8. The van der Waals surface area contributed by atoms with Crippen LogP contribution >= 0.6 is 0 Å². The van der Waals surface area contributed by atoms with Gasteiger partial charge in [-0.15, -0.1) is 0 Å². The van der Waals surface area contributed by atoms with Crippen LogP contribution in [0.4, 0.5) is 4.79 Å². The molecule has 4 nitrogen and oxygen atoms in total. The van der Waals surface area contributed by atoms with Crippen LogP contribution in [0.3, 0.4) is 0 Å². The molecule has 0 radical (unpaired) electrons. The summed E-state index contributed by atoms with van der Waals surface area (Å²) >= 11 is 0. The highest BCUT2D eigenvalue weighted by molar-refractivity contribution is 5.60. The van der Waals surface area contributed by atoms with Crippen molar-refractivity contribution in [1.82, 2.24) is 0 Å². The Balaban J connectivity index is 3.57. The maximum absolute atomic E-state index is 11.4. The quantitative estimate of drug-likeness (QED) is 0.393. The molecule has 0 aromatic heterocycles. The lowest BCUT2D eigenvalue weighted by Crippen LogP contribution is -2.24. The lowest BCUT2D eigenvalue weighted by atomic mass is 10.2. The SMILES string of the molecule is CCCCCCOC(=O)OC(CC)COCCCC. The highest BCUT2D eigenvalue weighted by atomic mass is 16.7. The first kappa shape index (κ1) is 18.2. The fourth-order valence-corrected chi connectivity index (χ4v) is 1.55. The van der Waals surface area contributed by atoms with Gasteiger partial charge in [0.15, 0.2) is 0 Å². The van der Waals surface area contributed by atoms with Crippen molar-refractivity contribution in [3.8, 4) is 0 Å². The summed E-state index contributed by atoms with van der Waals surface area (Å²) in [7, 11) is 0. The molecule has 1 unspecified atom stereocenters. The van der Waals surface area contributed by atoms with E-state index in [-0.39, 0.29) is 6.10 Å². The fourth-order valence-electron chi connectivity index (χ4n) is 1.55. The zero-order chi connectivity index (χ0) is 14.3. The maximum atomic E-state index is 11.4. The predicted octanol–water partition coefficient (Wildman–Crippen LogP) is 4.32. The Bertz CT molecular complexity index is 206. The summed E-state index contributed by atoms with van der Waals surface area (Å²) in [5.41, 5.74) is 0. The normalized spacial score (nSPS) is 12.2. The number of ether oxygens (including phenoxy) is 3. The molecule has 0 aliphatic rings. The van der Waals surface area contributed by atoms with Crippen molar-refractivity contribution < 1.29 is 19.0 Å². The van der Waals surface area contributed by atoms with Crippen LogP contribution in [0.5, 0.6) is 0 Å². The summed E-state index contributed by atoms with van der Waals surface area (Å²) in [5.74, 6) is 0. The third kappa shape index (κ3) is 12.0. The van der Waals surface area contributed by atoms with Gasteiger partial charge in [0.2, 0.25) is 0 Å². The molecule has 0 saturated carbocycles. The Morgan fingerprint density at radius 1 is 0.947 bits per heavy atom. The maximum Gasteiger partial charge on any atom is 0.508 e. The second kappa shape index (κ2) is 13.7. The summed E-state index contributed by atoms with van der Waals surface area (Å²) in [6.07, 6.45) is 6.50. The predicted molar refractivity (Wildman–Crippen MR) is 76.4 cm³/mol. The molecule has 0 bridgehead atoms. The molecule has 4 heteroatoms. The minimum absolute atomic E-state index is 0.194. The number of hydrogen-bond donors (Lipinski definition) is 0. The van der Waals surface area contributed by atoms with Crippen molar-refractivity contribution in [3.63, 3.8) is 0 Å². The van der Waals surface area contributed by atoms with Gasteiger partial charge in [0, 0.05) is 6.61 Å². The molecule has 0 aromatic carbocycles. The van der Waals surface area contributed by atoms with E-state index in [1.165, 1.54) is 12.8 Å². The summed E-state index contributed by atoms with van der Waals surface area (Å²) in [6.45, 7) is 7.88. The van der Waals surface area contributed by atoms with Crippen molar-refractivity contribution >= 4 is 6.16 Å². The molecule has 0 fully saturated rings. The second-order valence-electron chi connectivity index (χ2n) is 4.74. The summed E-state index contributed by atoms with van der Waals surface area (Å²) < 4.78 is 15.7. The Kier molecular flexibility index (Phi) is 13.1. The highest BCUT2D eigenvalue weighted by Crippen LogP contribution is 2.04. The number of hydrogen-bond acceptors (Lipinski definition) is 4. The summed E-state index contributed by atoms with van der Waals surface area (Å²) in [4.78, 5) is 11.4. The molecule has 0 spiro atoms. The molecule has 0 aliphatic carbocycles. The topological polar surface area (TPSA) is 44.8 Å². The molecule has 1 atom stereocenters. The van der Waals surface area contributed by atoms with Crippen LogP contribution in [0.2, 0.25) is 0 Å². The fraction of sp³-hybridized carbons (Fsp3) is 0.933. The van der Waals surface area contributed by atoms with Crippen molar-refractivity contribution in [2.24, 2.45) is 0 Å². The van der Waals surface area contributed by atoms with Crippen molar-refractivity contribution in [1.29, 1.82) is 0 Å². The molecule has 0 aliphatic heterocycles. The van der Waals surface area contributed by atoms with Gasteiger partial charge >= 0.3 is 6.16 Å². The number of carbonyl (C=O) groups excluding carboxylic acids is 1. The molecule has 19 heavy (non-hydrogen) atoms. The van der Waals surface area contributed by atoms with E-state index in [1.54, 1.807) is 0 Å². The largest absolute Gasteiger partial charge is 0.508 e. The highest BCUT2D eigenvalue weighted by Gasteiger charge is 2.13. The van der Waals surface area contributed by atoms with Crippen LogP contribution < -0.4 is 0 Å². The zero-order valence-corrected chi connectivity index (χ0v) is 12.8. The van der Waals surface area contributed by atoms with Crippen molar-refractivity contribution in [3.05, 3.63) is 0 Å². The lowest BCUT2D eigenvalue weighted by Gasteiger charge is -2.16. The van der Waals surface area contributed by atoms with E-state index in [9.17, 15) is 4.79 Å². The van der Waals surface area contributed by atoms with E-state index in [1.807, 2.05) is 6.92 Å². The number of unbranched alkanes of at least 4 members (excludes halogenated alkanes) is 4. The van der Waals surface area contributed by atoms with Crippen LogP contribution in [-0.4, -0.2) is 32.1 Å². The van der Waals surface area contributed by atoms with Gasteiger partial charge in [0.05, 0.1) is 13.2 Å². The molecule has 0 N–H and O–H groups in total. The third-order valence-corrected chi connectivity index (χ3v) is 2.88. The second-order valence-corrected chi connectivity index (χ2v) is 4.74. The van der Waals surface area contributed by atoms with E-state index < -0.39 is 6.16 Å². The molecule has 0 aromatic rings. The van der Waals surface area contributed by atoms with Gasteiger partial charge in [-0.1, -0.05) is 46.5 Å². The van der Waals surface area contributed by atoms with E-state index in [0.29, 0.717) is 13.2 Å². The molecular weight excluding hydrogens is 244 g/mol. The van der Waals surface area contributed by atoms with E-state index >= 15 is 0 Å². The monoisotopic (exact) mass is 274 g/mol. The molecule has 0 heterocycles. The van der Waals surface area contributed by atoms with Gasteiger partial charge in [-0.3, -0.25) is 0 Å². The smallest absolute Gasteiger partial charge is 0.434 e. The molecule has 0 saturated heterocycles. The van der Waals surface area contributed by atoms with Crippen molar-refractivity contribution in [2.45, 2.75) is 71.8 Å². The van der Waals surface area contributed by atoms with E-state index in [0.717, 1.165) is 38.7 Å². The molecule has 114 valence electrons. The third-order valence-electron chi connectivity index (χ3n) is 2.88. The number of rotatable bonds is 12. The molecule has 0 rings (SSSR count). The Morgan fingerprint density at radius 3 is 2.32 bits per heavy atom. The average molecular weight is 274 g/mol. The van der Waals surface area contributed by atoms with Crippen molar-refractivity contribution in [2.75, 3.05) is 19.8 Å². The van der Waals surface area contributed by atoms with Crippen LogP contribution in [0.25, 0.3) is 0 Å². The minimum Gasteiger partial charge on any atom is -0.434 e. The average Bonchev–Trinajstić information content (AvgIpc) is 2.42. The summed E-state index contributed by atoms with van der Waals surface area (Å²) in [5, 5.41) is 0. The minimum atomic E-state index is -0.567. The van der Waals surface area contributed by atoms with Crippen LogP contribution in [0.15, 0.2) is 0 Å². The van der Waals surface area contributed by atoms with E-state index in [4.69, 9.17) is 14.2 Å². The first-order valence-electron chi connectivity index (χ1n) is 7.65. The van der Waals surface area contributed by atoms with Gasteiger partial charge in [-0.2, -0.15) is 0 Å². The Labute approximate surface area is 117 Å². The van der Waals surface area contributed by atoms with Gasteiger partial charge < -0.3 is 14.2 Å². The molecular formula is C15H30O4. The molecule has 0 amide bonds. The first-order chi connectivity index (χ1) is 9.24.